The fourth-order valence-electron chi connectivity index (χ4n) is 3.61. The molecule has 2 aromatic rings. The number of aliphatic hydroxyl groups excluding tert-OH is 1. The summed E-state index contributed by atoms with van der Waals surface area (Å²) in [6.45, 7) is 4.79. The number of rotatable bonds is 3. The first-order valence-corrected chi connectivity index (χ1v) is 8.50. The van der Waals surface area contributed by atoms with Crippen LogP contribution in [0.25, 0.3) is 10.9 Å². The third-order valence-electron chi connectivity index (χ3n) is 5.30. The van der Waals surface area contributed by atoms with Crippen molar-refractivity contribution < 1.29 is 9.90 Å². The van der Waals surface area contributed by atoms with Crippen LogP contribution in [0.5, 0.6) is 0 Å². The van der Waals surface area contributed by atoms with E-state index in [9.17, 15) is 9.90 Å². The van der Waals surface area contributed by atoms with Gasteiger partial charge in [0.2, 0.25) is 0 Å². The lowest BCUT2D eigenvalue weighted by Crippen LogP contribution is -2.38. The molecule has 1 aromatic carbocycles. The maximum Gasteiger partial charge on any atom is 0.270 e. The van der Waals surface area contributed by atoms with Crippen molar-refractivity contribution in [2.45, 2.75) is 45.6 Å². The molecule has 2 unspecified atom stereocenters. The molecule has 1 amide bonds. The standard InChI is InChI=1S/C19H26N2O2/c1-12-8-9-16-15(13(12)2)10-17(20-16)19(23)21(3)11-14-6-4-5-7-18(14)22/h8-10,14,18,20,22H,4-7,11H2,1-3H3. The predicted octanol–water partition coefficient (Wildman–Crippen LogP) is 3.41. The molecule has 0 aliphatic heterocycles. The number of hydrogen-bond acceptors (Lipinski definition) is 2. The molecule has 1 aromatic heterocycles. The van der Waals surface area contributed by atoms with Crippen molar-refractivity contribution in [3.05, 3.63) is 35.0 Å². The average molecular weight is 314 g/mol. The molecule has 4 nitrogen and oxygen atoms in total. The van der Waals surface area contributed by atoms with Gasteiger partial charge in [-0.25, -0.2) is 0 Å². The highest BCUT2D eigenvalue weighted by Gasteiger charge is 2.26. The Labute approximate surface area is 137 Å². The first kappa shape index (κ1) is 16.1. The van der Waals surface area contributed by atoms with Gasteiger partial charge in [0.25, 0.3) is 5.91 Å². The molecule has 0 radical (unpaired) electrons. The lowest BCUT2D eigenvalue weighted by Gasteiger charge is -2.31. The number of aryl methyl sites for hydroxylation is 2. The summed E-state index contributed by atoms with van der Waals surface area (Å²) < 4.78 is 0. The normalized spacial score (nSPS) is 21.6. The Kier molecular flexibility index (Phi) is 4.44. The largest absolute Gasteiger partial charge is 0.393 e. The van der Waals surface area contributed by atoms with E-state index in [1.807, 2.05) is 19.2 Å². The van der Waals surface area contributed by atoms with Crippen molar-refractivity contribution >= 4 is 16.8 Å². The van der Waals surface area contributed by atoms with Gasteiger partial charge in [0.1, 0.15) is 5.69 Å². The van der Waals surface area contributed by atoms with Gasteiger partial charge in [0, 0.05) is 30.4 Å². The van der Waals surface area contributed by atoms with E-state index in [1.54, 1.807) is 4.90 Å². The number of amides is 1. The Bertz CT molecular complexity index is 719. The summed E-state index contributed by atoms with van der Waals surface area (Å²) in [6.07, 6.45) is 3.83. The molecule has 0 bridgehead atoms. The molecule has 2 atom stereocenters. The molecule has 0 spiro atoms. The molecule has 124 valence electrons. The van der Waals surface area contributed by atoms with Crippen LogP contribution >= 0.6 is 0 Å². The summed E-state index contributed by atoms with van der Waals surface area (Å²) in [5.74, 6) is 0.196. The molecule has 1 heterocycles. The summed E-state index contributed by atoms with van der Waals surface area (Å²) in [5, 5.41) is 11.2. The Hall–Kier alpha value is -1.81. The zero-order chi connectivity index (χ0) is 16.6. The van der Waals surface area contributed by atoms with E-state index in [-0.39, 0.29) is 17.9 Å². The van der Waals surface area contributed by atoms with Crippen LogP contribution in [-0.2, 0) is 0 Å². The molecule has 1 fully saturated rings. The second-order valence-corrected chi connectivity index (χ2v) is 6.95. The van der Waals surface area contributed by atoms with Crippen LogP contribution < -0.4 is 0 Å². The van der Waals surface area contributed by atoms with Crippen molar-refractivity contribution in [3.63, 3.8) is 0 Å². The zero-order valence-electron chi connectivity index (χ0n) is 14.2. The molecular formula is C19H26N2O2. The topological polar surface area (TPSA) is 56.3 Å². The number of aromatic nitrogens is 1. The smallest absolute Gasteiger partial charge is 0.270 e. The van der Waals surface area contributed by atoms with E-state index < -0.39 is 0 Å². The average Bonchev–Trinajstić information content (AvgIpc) is 2.97. The Balaban J connectivity index is 1.78. The van der Waals surface area contributed by atoms with Gasteiger partial charge in [0.15, 0.2) is 0 Å². The number of nitrogens with zero attached hydrogens (tertiary/aromatic N) is 1. The molecule has 3 rings (SSSR count). The van der Waals surface area contributed by atoms with Crippen LogP contribution in [0, 0.1) is 19.8 Å². The Morgan fingerprint density at radius 3 is 2.78 bits per heavy atom. The van der Waals surface area contributed by atoms with Crippen LogP contribution in [0.15, 0.2) is 18.2 Å². The van der Waals surface area contributed by atoms with E-state index in [0.29, 0.717) is 12.2 Å². The second kappa shape index (κ2) is 6.36. The first-order valence-electron chi connectivity index (χ1n) is 8.50. The van der Waals surface area contributed by atoms with Crippen LogP contribution in [0.2, 0.25) is 0 Å². The summed E-state index contributed by atoms with van der Waals surface area (Å²) >= 11 is 0. The molecule has 23 heavy (non-hydrogen) atoms. The Morgan fingerprint density at radius 1 is 1.30 bits per heavy atom. The predicted molar refractivity (Wildman–Crippen MR) is 92.7 cm³/mol. The van der Waals surface area contributed by atoms with Crippen LogP contribution in [0.1, 0.15) is 47.3 Å². The van der Waals surface area contributed by atoms with E-state index in [2.05, 4.69) is 24.9 Å². The SMILES string of the molecule is Cc1ccc2[nH]c(C(=O)N(C)CC3CCCCC3O)cc2c1C. The van der Waals surface area contributed by atoms with Gasteiger partial charge in [-0.2, -0.15) is 0 Å². The number of fused-ring (bicyclic) bond motifs is 1. The lowest BCUT2D eigenvalue weighted by atomic mass is 9.86. The summed E-state index contributed by atoms with van der Waals surface area (Å²) in [6, 6.07) is 6.05. The van der Waals surface area contributed by atoms with E-state index in [1.165, 1.54) is 11.1 Å². The number of benzene rings is 1. The highest BCUT2D eigenvalue weighted by atomic mass is 16.3. The van der Waals surface area contributed by atoms with Crippen LogP contribution in [0.4, 0.5) is 0 Å². The van der Waals surface area contributed by atoms with Gasteiger partial charge in [-0.15, -0.1) is 0 Å². The minimum absolute atomic E-state index is 0.00368. The van der Waals surface area contributed by atoms with Gasteiger partial charge in [-0.1, -0.05) is 18.9 Å². The van der Waals surface area contributed by atoms with E-state index >= 15 is 0 Å². The third kappa shape index (κ3) is 3.13. The minimum Gasteiger partial charge on any atom is -0.393 e. The molecule has 2 N–H and O–H groups in total. The van der Waals surface area contributed by atoms with Crippen molar-refractivity contribution in [2.24, 2.45) is 5.92 Å². The summed E-state index contributed by atoms with van der Waals surface area (Å²) in [7, 11) is 1.83. The van der Waals surface area contributed by atoms with Crippen LogP contribution in [0.3, 0.4) is 0 Å². The third-order valence-corrected chi connectivity index (χ3v) is 5.30. The summed E-state index contributed by atoms with van der Waals surface area (Å²) in [5.41, 5.74) is 4.07. The van der Waals surface area contributed by atoms with Gasteiger partial charge < -0.3 is 15.0 Å². The number of carbonyl (C=O) groups excluding carboxylic acids is 1. The number of H-pyrrole nitrogens is 1. The van der Waals surface area contributed by atoms with Gasteiger partial charge in [-0.3, -0.25) is 4.79 Å². The van der Waals surface area contributed by atoms with Gasteiger partial charge in [-0.05, 0) is 49.9 Å². The molecule has 1 saturated carbocycles. The molecule has 0 saturated heterocycles. The van der Waals surface area contributed by atoms with E-state index in [4.69, 9.17) is 0 Å². The van der Waals surface area contributed by atoms with Crippen molar-refractivity contribution in [3.8, 4) is 0 Å². The number of carbonyl (C=O) groups is 1. The van der Waals surface area contributed by atoms with Crippen molar-refractivity contribution in [1.29, 1.82) is 0 Å². The summed E-state index contributed by atoms with van der Waals surface area (Å²) in [4.78, 5) is 17.7. The van der Waals surface area contributed by atoms with Crippen molar-refractivity contribution in [2.75, 3.05) is 13.6 Å². The van der Waals surface area contributed by atoms with Gasteiger partial charge >= 0.3 is 0 Å². The minimum atomic E-state index is -0.272. The molecule has 4 heteroatoms. The maximum atomic E-state index is 12.7. The number of aliphatic hydroxyl groups is 1. The van der Waals surface area contributed by atoms with Crippen LogP contribution in [-0.4, -0.2) is 40.6 Å². The number of aromatic amines is 1. The highest BCUT2D eigenvalue weighted by Crippen LogP contribution is 2.26. The highest BCUT2D eigenvalue weighted by molar-refractivity contribution is 5.99. The van der Waals surface area contributed by atoms with E-state index in [0.717, 1.165) is 36.6 Å². The lowest BCUT2D eigenvalue weighted by molar-refractivity contribution is 0.0449. The Morgan fingerprint density at radius 2 is 2.04 bits per heavy atom. The number of nitrogens with one attached hydrogen (secondary N) is 1. The molecule has 1 aliphatic rings. The quantitative estimate of drug-likeness (QED) is 0.912. The second-order valence-electron chi connectivity index (χ2n) is 6.95. The zero-order valence-corrected chi connectivity index (χ0v) is 14.2. The molecular weight excluding hydrogens is 288 g/mol. The maximum absolute atomic E-state index is 12.7. The fraction of sp³-hybridized carbons (Fsp3) is 0.526. The van der Waals surface area contributed by atoms with Gasteiger partial charge in [0.05, 0.1) is 6.10 Å². The fourth-order valence-corrected chi connectivity index (χ4v) is 3.61. The van der Waals surface area contributed by atoms with Crippen molar-refractivity contribution in [1.82, 2.24) is 9.88 Å². The first-order chi connectivity index (χ1) is 11.0. The monoisotopic (exact) mass is 314 g/mol. The number of hydrogen-bond donors (Lipinski definition) is 2. The molecule has 1 aliphatic carbocycles.